The Labute approximate surface area is 122 Å². The van der Waals surface area contributed by atoms with Gasteiger partial charge in [-0.3, -0.25) is 4.68 Å². The summed E-state index contributed by atoms with van der Waals surface area (Å²) in [6.45, 7) is 2.31. The van der Waals surface area contributed by atoms with E-state index in [4.69, 9.17) is 9.84 Å². The third-order valence-corrected chi connectivity index (χ3v) is 3.40. The number of benzene rings is 1. The van der Waals surface area contributed by atoms with E-state index in [0.717, 1.165) is 33.6 Å². The van der Waals surface area contributed by atoms with Crippen molar-refractivity contribution in [1.82, 2.24) is 14.8 Å². The van der Waals surface area contributed by atoms with Crippen molar-refractivity contribution < 1.29 is 9.84 Å². The van der Waals surface area contributed by atoms with Crippen molar-refractivity contribution in [1.29, 1.82) is 0 Å². The summed E-state index contributed by atoms with van der Waals surface area (Å²) in [5.74, 6) is 0.724. The Kier molecular flexibility index (Phi) is 3.58. The van der Waals surface area contributed by atoms with Gasteiger partial charge in [-0.2, -0.15) is 5.10 Å². The lowest BCUT2D eigenvalue weighted by Gasteiger charge is -2.11. The van der Waals surface area contributed by atoms with Crippen molar-refractivity contribution in [3.8, 4) is 17.0 Å². The van der Waals surface area contributed by atoms with E-state index in [2.05, 4.69) is 10.1 Å². The van der Waals surface area contributed by atoms with Gasteiger partial charge in [-0.15, -0.1) is 0 Å². The molecule has 0 saturated carbocycles. The molecule has 0 bridgehead atoms. The highest BCUT2D eigenvalue weighted by atomic mass is 16.5. The van der Waals surface area contributed by atoms with Gasteiger partial charge >= 0.3 is 0 Å². The molecular weight excluding hydrogens is 266 g/mol. The van der Waals surface area contributed by atoms with Crippen molar-refractivity contribution in [3.63, 3.8) is 0 Å². The summed E-state index contributed by atoms with van der Waals surface area (Å²) in [6.07, 6.45) is 1.77. The van der Waals surface area contributed by atoms with Crippen LogP contribution in [0, 0.1) is 6.92 Å². The Morgan fingerprint density at radius 2 is 2.10 bits per heavy atom. The van der Waals surface area contributed by atoms with Crippen molar-refractivity contribution in [2.75, 3.05) is 13.2 Å². The monoisotopic (exact) mass is 283 g/mol. The van der Waals surface area contributed by atoms with Crippen LogP contribution in [0.5, 0.6) is 5.75 Å². The Balaban J connectivity index is 2.12. The number of pyridine rings is 1. The van der Waals surface area contributed by atoms with Crippen LogP contribution in [0.4, 0.5) is 0 Å². The molecule has 0 aliphatic heterocycles. The van der Waals surface area contributed by atoms with Crippen LogP contribution in [-0.4, -0.2) is 33.1 Å². The lowest BCUT2D eigenvalue weighted by molar-refractivity contribution is 0.202. The molecule has 21 heavy (non-hydrogen) atoms. The molecule has 0 atom stereocenters. The average Bonchev–Trinajstić information content (AvgIpc) is 2.87. The molecule has 0 radical (unpaired) electrons. The van der Waals surface area contributed by atoms with E-state index in [9.17, 15) is 0 Å². The molecule has 0 fully saturated rings. The second kappa shape index (κ2) is 5.54. The van der Waals surface area contributed by atoms with Gasteiger partial charge in [0.1, 0.15) is 17.9 Å². The van der Waals surface area contributed by atoms with Gasteiger partial charge in [0.2, 0.25) is 0 Å². The lowest BCUT2D eigenvalue weighted by Crippen LogP contribution is -2.03. The summed E-state index contributed by atoms with van der Waals surface area (Å²) in [5.41, 5.74) is 4.78. The predicted octanol–water partition coefficient (Wildman–Crippen LogP) is 2.31. The van der Waals surface area contributed by atoms with Crippen LogP contribution in [0.25, 0.3) is 22.3 Å². The fraction of sp³-hybridized carbons (Fsp3) is 0.250. The SMILES string of the molecule is Cc1cc(-c2ccccc2OCCO)nc2cnn(C)c12. The zero-order valence-corrected chi connectivity index (χ0v) is 12.1. The molecule has 0 unspecified atom stereocenters. The quantitative estimate of drug-likeness (QED) is 0.798. The number of hydrogen-bond donors (Lipinski definition) is 1. The van der Waals surface area contributed by atoms with E-state index in [0.29, 0.717) is 0 Å². The number of para-hydroxylation sites is 1. The molecule has 0 saturated heterocycles. The fourth-order valence-corrected chi connectivity index (χ4v) is 2.50. The molecule has 1 N–H and O–H groups in total. The van der Waals surface area contributed by atoms with E-state index < -0.39 is 0 Å². The van der Waals surface area contributed by atoms with Crippen LogP contribution in [0.1, 0.15) is 5.56 Å². The van der Waals surface area contributed by atoms with Crippen LogP contribution in [0.2, 0.25) is 0 Å². The molecule has 0 aliphatic rings. The smallest absolute Gasteiger partial charge is 0.128 e. The van der Waals surface area contributed by atoms with Crippen LogP contribution >= 0.6 is 0 Å². The normalized spacial score (nSPS) is 11.0. The number of hydrogen-bond acceptors (Lipinski definition) is 4. The first-order chi connectivity index (χ1) is 10.2. The molecule has 1 aromatic carbocycles. The second-order valence-electron chi connectivity index (χ2n) is 4.89. The van der Waals surface area contributed by atoms with Crippen LogP contribution in [0.3, 0.4) is 0 Å². The Morgan fingerprint density at radius 3 is 2.90 bits per heavy atom. The number of fused-ring (bicyclic) bond motifs is 1. The maximum Gasteiger partial charge on any atom is 0.128 e. The largest absolute Gasteiger partial charge is 0.490 e. The molecule has 3 rings (SSSR count). The summed E-state index contributed by atoms with van der Waals surface area (Å²) in [6, 6.07) is 9.74. The molecule has 5 heteroatoms. The van der Waals surface area contributed by atoms with Crippen molar-refractivity contribution in [2.24, 2.45) is 7.05 Å². The first kappa shape index (κ1) is 13.6. The van der Waals surface area contributed by atoms with Gasteiger partial charge in [-0.25, -0.2) is 4.98 Å². The van der Waals surface area contributed by atoms with Gasteiger partial charge in [0, 0.05) is 12.6 Å². The average molecular weight is 283 g/mol. The summed E-state index contributed by atoms with van der Waals surface area (Å²) >= 11 is 0. The molecule has 108 valence electrons. The zero-order valence-electron chi connectivity index (χ0n) is 12.1. The minimum absolute atomic E-state index is 0.0115. The number of aliphatic hydroxyl groups excluding tert-OH is 1. The molecular formula is C16H17N3O2. The third-order valence-electron chi connectivity index (χ3n) is 3.40. The maximum atomic E-state index is 8.93. The van der Waals surface area contributed by atoms with E-state index in [1.165, 1.54) is 0 Å². The van der Waals surface area contributed by atoms with E-state index in [1.54, 1.807) is 6.20 Å². The van der Waals surface area contributed by atoms with Gasteiger partial charge in [-0.1, -0.05) is 12.1 Å². The highest BCUT2D eigenvalue weighted by Gasteiger charge is 2.12. The molecule has 2 aromatic heterocycles. The molecule has 3 aromatic rings. The summed E-state index contributed by atoms with van der Waals surface area (Å²) < 4.78 is 7.42. The summed E-state index contributed by atoms with van der Waals surface area (Å²) in [7, 11) is 1.91. The summed E-state index contributed by atoms with van der Waals surface area (Å²) in [5, 5.41) is 13.2. The van der Waals surface area contributed by atoms with Crippen molar-refractivity contribution >= 4 is 11.0 Å². The number of aliphatic hydroxyl groups is 1. The number of rotatable bonds is 4. The van der Waals surface area contributed by atoms with Crippen LogP contribution < -0.4 is 4.74 Å². The first-order valence-corrected chi connectivity index (χ1v) is 6.83. The predicted molar refractivity (Wildman–Crippen MR) is 81.3 cm³/mol. The number of nitrogens with zero attached hydrogens (tertiary/aromatic N) is 3. The Morgan fingerprint density at radius 1 is 1.29 bits per heavy atom. The van der Waals surface area contributed by atoms with Gasteiger partial charge in [0.05, 0.1) is 24.0 Å². The van der Waals surface area contributed by atoms with Crippen molar-refractivity contribution in [2.45, 2.75) is 6.92 Å². The van der Waals surface area contributed by atoms with Gasteiger partial charge in [0.15, 0.2) is 0 Å². The zero-order chi connectivity index (χ0) is 14.8. The minimum atomic E-state index is -0.0115. The van der Waals surface area contributed by atoms with E-state index in [1.807, 2.05) is 49.0 Å². The molecule has 5 nitrogen and oxygen atoms in total. The molecule has 0 aliphatic carbocycles. The first-order valence-electron chi connectivity index (χ1n) is 6.83. The molecule has 2 heterocycles. The van der Waals surface area contributed by atoms with Gasteiger partial charge in [-0.05, 0) is 30.7 Å². The second-order valence-corrected chi connectivity index (χ2v) is 4.89. The Hall–Kier alpha value is -2.40. The number of ether oxygens (including phenoxy) is 1. The lowest BCUT2D eigenvalue weighted by atomic mass is 10.1. The third kappa shape index (κ3) is 2.48. The van der Waals surface area contributed by atoms with Crippen LogP contribution in [-0.2, 0) is 7.05 Å². The summed E-state index contributed by atoms with van der Waals surface area (Å²) in [4.78, 5) is 4.67. The number of aryl methyl sites for hydroxylation is 2. The van der Waals surface area contributed by atoms with Crippen molar-refractivity contribution in [3.05, 3.63) is 42.1 Å². The highest BCUT2D eigenvalue weighted by Crippen LogP contribution is 2.31. The maximum absolute atomic E-state index is 8.93. The van der Waals surface area contributed by atoms with Crippen LogP contribution in [0.15, 0.2) is 36.5 Å². The topological polar surface area (TPSA) is 60.2 Å². The standard InChI is InChI=1S/C16H17N3O2/c1-11-9-13(18-14-10-17-19(2)16(11)14)12-5-3-4-6-15(12)21-8-7-20/h3-6,9-10,20H,7-8H2,1-2H3. The molecule has 0 spiro atoms. The highest BCUT2D eigenvalue weighted by molar-refractivity contribution is 5.82. The van der Waals surface area contributed by atoms with Gasteiger partial charge < -0.3 is 9.84 Å². The number of aromatic nitrogens is 3. The van der Waals surface area contributed by atoms with E-state index in [-0.39, 0.29) is 13.2 Å². The molecule has 0 amide bonds. The van der Waals surface area contributed by atoms with Gasteiger partial charge in [0.25, 0.3) is 0 Å². The Bertz CT molecular complexity index is 780. The van der Waals surface area contributed by atoms with E-state index >= 15 is 0 Å². The fourth-order valence-electron chi connectivity index (χ4n) is 2.50. The minimum Gasteiger partial charge on any atom is -0.490 e.